The molecule has 10 nitrogen and oxygen atoms in total. The average Bonchev–Trinajstić information content (AvgIpc) is 3.38. The number of nitrogens with one attached hydrogen (secondary N) is 1. The van der Waals surface area contributed by atoms with Crippen LogP contribution < -0.4 is 10.1 Å². The molecule has 1 N–H and O–H groups in total. The van der Waals surface area contributed by atoms with Gasteiger partial charge in [-0.15, -0.1) is 0 Å². The van der Waals surface area contributed by atoms with Gasteiger partial charge in [0.2, 0.25) is 11.8 Å². The van der Waals surface area contributed by atoms with Crippen LogP contribution in [0.4, 0.5) is 8.78 Å². The maximum Gasteiger partial charge on any atom is 0.257 e. The molecule has 2 aromatic carbocycles. The Balaban J connectivity index is 1.51. The van der Waals surface area contributed by atoms with Gasteiger partial charge in [0.15, 0.2) is 17.4 Å². The third-order valence-electron chi connectivity index (χ3n) is 8.01. The summed E-state index contributed by atoms with van der Waals surface area (Å²) in [5.74, 6) is -2.66. The molecule has 5 rings (SSSR count). The van der Waals surface area contributed by atoms with E-state index < -0.39 is 35.4 Å². The Kier molecular flexibility index (Phi) is 9.32. The van der Waals surface area contributed by atoms with Crippen molar-refractivity contribution in [3.05, 3.63) is 76.9 Å². The third kappa shape index (κ3) is 6.68. The van der Waals surface area contributed by atoms with Gasteiger partial charge in [0, 0.05) is 26.1 Å². The van der Waals surface area contributed by atoms with Crippen molar-refractivity contribution in [3.63, 3.8) is 0 Å². The van der Waals surface area contributed by atoms with Crippen molar-refractivity contribution < 1.29 is 27.9 Å². The second kappa shape index (κ2) is 13.3. The van der Waals surface area contributed by atoms with Crippen molar-refractivity contribution >= 4 is 17.7 Å². The standard InChI is InChI=1S/C31H36F2N6O4/c1-20-34-29-24(19-21-9-4-3-5-10-21)35-30(41)25-11-6-7-16-38(25)26(40)12-8-15-37(17-18-39(29)36-20)31(42)22-13-14-23(32)28(43-2)27(22)33/h3-5,9-10,13-14,24-25H,6-8,11-12,15-19H2,1-2H3,(H,35,41)/t24-,25+/m1/s1. The number of benzene rings is 2. The number of methoxy groups -OCH3 is 1. The first kappa shape index (κ1) is 30.1. The van der Waals surface area contributed by atoms with E-state index in [2.05, 4.69) is 15.4 Å². The smallest absolute Gasteiger partial charge is 0.257 e. The number of nitrogens with zero attached hydrogens (tertiary/aromatic N) is 5. The first-order valence-corrected chi connectivity index (χ1v) is 14.6. The lowest BCUT2D eigenvalue weighted by Gasteiger charge is -2.36. The number of hydrogen-bond acceptors (Lipinski definition) is 6. The van der Waals surface area contributed by atoms with E-state index in [1.54, 1.807) is 16.5 Å². The number of amides is 3. The third-order valence-corrected chi connectivity index (χ3v) is 8.01. The minimum atomic E-state index is -1.08. The van der Waals surface area contributed by atoms with E-state index >= 15 is 4.39 Å². The molecule has 0 bridgehead atoms. The summed E-state index contributed by atoms with van der Waals surface area (Å²) in [7, 11) is 1.14. The molecule has 0 spiro atoms. The number of ether oxygens (including phenoxy) is 1. The zero-order valence-corrected chi connectivity index (χ0v) is 24.4. The van der Waals surface area contributed by atoms with Gasteiger partial charge in [0.25, 0.3) is 5.91 Å². The number of aryl methyl sites for hydroxylation is 1. The molecule has 228 valence electrons. The monoisotopic (exact) mass is 594 g/mol. The molecule has 0 unspecified atom stereocenters. The van der Waals surface area contributed by atoms with Gasteiger partial charge in [-0.1, -0.05) is 30.3 Å². The molecule has 12 heteroatoms. The Morgan fingerprint density at radius 2 is 1.81 bits per heavy atom. The van der Waals surface area contributed by atoms with Crippen molar-refractivity contribution in [3.8, 4) is 5.75 Å². The maximum atomic E-state index is 15.1. The van der Waals surface area contributed by atoms with Gasteiger partial charge in [0.1, 0.15) is 17.7 Å². The van der Waals surface area contributed by atoms with Gasteiger partial charge in [0.05, 0.1) is 25.3 Å². The Labute approximate surface area is 249 Å². The van der Waals surface area contributed by atoms with E-state index in [0.717, 1.165) is 37.6 Å². The first-order chi connectivity index (χ1) is 20.8. The van der Waals surface area contributed by atoms with Crippen molar-refractivity contribution in [1.82, 2.24) is 29.9 Å². The van der Waals surface area contributed by atoms with Gasteiger partial charge < -0.3 is 19.9 Å². The van der Waals surface area contributed by atoms with E-state index in [-0.39, 0.29) is 43.4 Å². The minimum absolute atomic E-state index is 0.111. The van der Waals surface area contributed by atoms with E-state index in [4.69, 9.17) is 4.74 Å². The molecule has 3 amide bonds. The van der Waals surface area contributed by atoms with E-state index in [0.29, 0.717) is 37.5 Å². The molecule has 0 aliphatic carbocycles. The fourth-order valence-corrected chi connectivity index (χ4v) is 5.87. The molecule has 3 heterocycles. The van der Waals surface area contributed by atoms with Gasteiger partial charge in [-0.05, 0) is 56.7 Å². The van der Waals surface area contributed by atoms with Crippen molar-refractivity contribution in [1.29, 1.82) is 0 Å². The van der Waals surface area contributed by atoms with Crippen LogP contribution in [0, 0.1) is 18.6 Å². The summed E-state index contributed by atoms with van der Waals surface area (Å²) in [5, 5.41) is 7.72. The van der Waals surface area contributed by atoms with E-state index in [1.807, 2.05) is 30.3 Å². The molecule has 0 radical (unpaired) electrons. The van der Waals surface area contributed by atoms with E-state index in [9.17, 15) is 18.8 Å². The zero-order chi connectivity index (χ0) is 30.5. The Bertz CT molecular complexity index is 1480. The molecular formula is C31H36F2N6O4. The Morgan fingerprint density at radius 1 is 1.02 bits per heavy atom. The summed E-state index contributed by atoms with van der Waals surface area (Å²) in [4.78, 5) is 48.4. The summed E-state index contributed by atoms with van der Waals surface area (Å²) in [5.41, 5.74) is 0.654. The molecule has 1 fully saturated rings. The van der Waals surface area contributed by atoms with Crippen LogP contribution in [0.15, 0.2) is 42.5 Å². The summed E-state index contributed by atoms with van der Waals surface area (Å²) < 4.78 is 35.7. The number of piperidine rings is 1. The quantitative estimate of drug-likeness (QED) is 0.495. The van der Waals surface area contributed by atoms with Gasteiger partial charge in [-0.25, -0.2) is 18.4 Å². The fourth-order valence-electron chi connectivity index (χ4n) is 5.87. The molecule has 2 aliphatic heterocycles. The zero-order valence-electron chi connectivity index (χ0n) is 24.4. The highest BCUT2D eigenvalue weighted by atomic mass is 19.1. The predicted molar refractivity (Wildman–Crippen MR) is 153 cm³/mol. The lowest BCUT2D eigenvalue weighted by atomic mass is 9.99. The lowest BCUT2D eigenvalue weighted by Crippen LogP contribution is -2.53. The molecule has 43 heavy (non-hydrogen) atoms. The molecule has 3 aromatic rings. The van der Waals surface area contributed by atoms with Crippen LogP contribution in [0.25, 0.3) is 0 Å². The summed E-state index contributed by atoms with van der Waals surface area (Å²) >= 11 is 0. The van der Waals surface area contributed by atoms with Gasteiger partial charge >= 0.3 is 0 Å². The van der Waals surface area contributed by atoms with Crippen LogP contribution in [0.3, 0.4) is 0 Å². The molecule has 1 saturated heterocycles. The number of fused-ring (bicyclic) bond motifs is 2. The summed E-state index contributed by atoms with van der Waals surface area (Å²) in [6, 6.07) is 10.6. The molecule has 2 aliphatic rings. The predicted octanol–water partition coefficient (Wildman–Crippen LogP) is 3.59. The van der Waals surface area contributed by atoms with Crippen molar-refractivity contribution in [2.45, 2.75) is 64.1 Å². The lowest BCUT2D eigenvalue weighted by molar-refractivity contribution is -0.142. The minimum Gasteiger partial charge on any atom is -0.491 e. The highest BCUT2D eigenvalue weighted by Crippen LogP contribution is 2.26. The number of carbonyl (C=O) groups excluding carboxylic acids is 3. The van der Waals surface area contributed by atoms with Gasteiger partial charge in [-0.3, -0.25) is 14.4 Å². The number of carbonyl (C=O) groups is 3. The van der Waals surface area contributed by atoms with Crippen molar-refractivity contribution in [2.24, 2.45) is 0 Å². The van der Waals surface area contributed by atoms with Crippen LogP contribution in [-0.4, -0.2) is 75.1 Å². The number of hydrogen-bond donors (Lipinski definition) is 1. The first-order valence-electron chi connectivity index (χ1n) is 14.6. The van der Waals surface area contributed by atoms with Crippen LogP contribution in [0.5, 0.6) is 5.75 Å². The average molecular weight is 595 g/mol. The SMILES string of the molecule is COc1c(F)ccc(C(=O)N2CCCC(=O)N3CCCC[C@H]3C(=O)N[C@H](Cc3ccccc3)c3nc(C)nn3CC2)c1F. The largest absolute Gasteiger partial charge is 0.491 e. The van der Waals surface area contributed by atoms with Gasteiger partial charge in [-0.2, -0.15) is 5.10 Å². The van der Waals surface area contributed by atoms with Crippen LogP contribution in [-0.2, 0) is 22.6 Å². The molecular weight excluding hydrogens is 558 g/mol. The van der Waals surface area contributed by atoms with Crippen molar-refractivity contribution in [2.75, 3.05) is 26.7 Å². The number of aromatic nitrogens is 3. The maximum absolute atomic E-state index is 15.1. The highest BCUT2D eigenvalue weighted by Gasteiger charge is 2.35. The van der Waals surface area contributed by atoms with Crippen LogP contribution in [0.1, 0.15) is 65.7 Å². The summed E-state index contributed by atoms with van der Waals surface area (Å²) in [6.45, 7) is 2.68. The molecule has 0 saturated carbocycles. The Morgan fingerprint density at radius 3 is 2.58 bits per heavy atom. The molecule has 1 aromatic heterocycles. The second-order valence-electron chi connectivity index (χ2n) is 10.9. The normalized spacial score (nSPS) is 20.1. The van der Waals surface area contributed by atoms with Crippen LogP contribution >= 0.6 is 0 Å². The van der Waals surface area contributed by atoms with E-state index in [1.165, 1.54) is 4.90 Å². The second-order valence-corrected chi connectivity index (χ2v) is 10.9. The summed E-state index contributed by atoms with van der Waals surface area (Å²) in [6.07, 6.45) is 3.04. The topological polar surface area (TPSA) is 110 Å². The number of halogens is 2. The Hall–Kier alpha value is -4.35. The van der Waals surface area contributed by atoms with Crippen LogP contribution in [0.2, 0.25) is 0 Å². The number of rotatable bonds is 4. The molecule has 2 atom stereocenters. The highest BCUT2D eigenvalue weighted by molar-refractivity contribution is 5.95. The fraction of sp³-hybridized carbons (Fsp3) is 0.452.